The number of hydrogen-bond acceptors (Lipinski definition) is 6. The molecule has 0 bridgehead atoms. The molecule has 0 unspecified atom stereocenters. The molecular weight excluding hydrogens is 338 g/mol. The van der Waals surface area contributed by atoms with E-state index in [4.69, 9.17) is 9.47 Å². The SMILES string of the molecule is C=CC(=O)NC(C)(C)C(=O)OCCOc1ccc(C(=O)C(C)(C)O)cc1. The van der Waals surface area contributed by atoms with Crippen molar-refractivity contribution in [3.05, 3.63) is 42.5 Å². The summed E-state index contributed by atoms with van der Waals surface area (Å²) in [6.07, 6.45) is 1.07. The highest BCUT2D eigenvalue weighted by Gasteiger charge is 2.30. The smallest absolute Gasteiger partial charge is 0.331 e. The van der Waals surface area contributed by atoms with Crippen LogP contribution >= 0.6 is 0 Å². The van der Waals surface area contributed by atoms with E-state index in [1.54, 1.807) is 24.3 Å². The van der Waals surface area contributed by atoms with Crippen LogP contribution < -0.4 is 10.1 Å². The molecule has 0 heterocycles. The molecule has 1 aromatic rings. The summed E-state index contributed by atoms with van der Waals surface area (Å²) in [5.74, 6) is -0.958. The Labute approximate surface area is 153 Å². The lowest BCUT2D eigenvalue weighted by Crippen LogP contribution is -2.50. The summed E-state index contributed by atoms with van der Waals surface area (Å²) in [5.41, 5.74) is -2.25. The lowest BCUT2D eigenvalue weighted by Gasteiger charge is -2.23. The van der Waals surface area contributed by atoms with E-state index in [1.165, 1.54) is 27.7 Å². The quantitative estimate of drug-likeness (QED) is 0.299. The normalized spacial score (nSPS) is 11.4. The van der Waals surface area contributed by atoms with Gasteiger partial charge in [0.05, 0.1) is 0 Å². The number of ketones is 1. The molecule has 26 heavy (non-hydrogen) atoms. The van der Waals surface area contributed by atoms with Gasteiger partial charge in [-0.05, 0) is 58.0 Å². The molecule has 1 aromatic carbocycles. The minimum absolute atomic E-state index is 0.00340. The molecule has 0 atom stereocenters. The number of Topliss-reactive ketones (excluding diaryl/α,β-unsaturated/α-hetero) is 1. The van der Waals surface area contributed by atoms with E-state index in [2.05, 4.69) is 11.9 Å². The second-order valence-electron chi connectivity index (χ2n) is 6.72. The second kappa shape index (κ2) is 8.62. The summed E-state index contributed by atoms with van der Waals surface area (Å²) >= 11 is 0. The Bertz CT molecular complexity index is 670. The average molecular weight is 363 g/mol. The van der Waals surface area contributed by atoms with Crippen molar-refractivity contribution in [3.63, 3.8) is 0 Å². The predicted molar refractivity (Wildman–Crippen MR) is 95.9 cm³/mol. The van der Waals surface area contributed by atoms with E-state index in [0.29, 0.717) is 11.3 Å². The van der Waals surface area contributed by atoms with Crippen molar-refractivity contribution in [2.45, 2.75) is 38.8 Å². The molecule has 0 aliphatic heterocycles. The maximum Gasteiger partial charge on any atom is 0.331 e. The van der Waals surface area contributed by atoms with Crippen LogP contribution in [0.4, 0.5) is 0 Å². The highest BCUT2D eigenvalue weighted by molar-refractivity contribution is 6.01. The Morgan fingerprint density at radius 2 is 1.69 bits per heavy atom. The van der Waals surface area contributed by atoms with Gasteiger partial charge < -0.3 is 19.9 Å². The van der Waals surface area contributed by atoms with Gasteiger partial charge in [-0.25, -0.2) is 4.79 Å². The molecule has 0 saturated heterocycles. The molecule has 0 radical (unpaired) electrons. The number of esters is 1. The van der Waals surface area contributed by atoms with Gasteiger partial charge in [-0.1, -0.05) is 6.58 Å². The number of carbonyl (C=O) groups is 3. The molecule has 1 rings (SSSR count). The van der Waals surface area contributed by atoms with Crippen molar-refractivity contribution in [1.29, 1.82) is 0 Å². The summed E-state index contributed by atoms with van der Waals surface area (Å²) in [6.45, 7) is 9.32. The number of benzene rings is 1. The fourth-order valence-corrected chi connectivity index (χ4v) is 1.94. The zero-order valence-electron chi connectivity index (χ0n) is 15.5. The van der Waals surface area contributed by atoms with Crippen LogP contribution in [0.5, 0.6) is 5.75 Å². The molecule has 2 N–H and O–H groups in total. The van der Waals surface area contributed by atoms with Crippen molar-refractivity contribution >= 4 is 17.7 Å². The lowest BCUT2D eigenvalue weighted by molar-refractivity contribution is -0.152. The van der Waals surface area contributed by atoms with Crippen LogP contribution in [-0.2, 0) is 14.3 Å². The highest BCUT2D eigenvalue weighted by atomic mass is 16.6. The molecule has 0 aliphatic rings. The van der Waals surface area contributed by atoms with Gasteiger partial charge in [0.1, 0.15) is 30.1 Å². The zero-order chi connectivity index (χ0) is 20.0. The standard InChI is InChI=1S/C19H25NO6/c1-6-15(21)20-18(2,3)17(23)26-12-11-25-14-9-7-13(8-10-14)16(22)19(4,5)24/h6-10,24H,1,11-12H2,2-5H3,(H,20,21). The van der Waals surface area contributed by atoms with Gasteiger partial charge in [0.15, 0.2) is 5.78 Å². The number of nitrogens with one attached hydrogen (secondary N) is 1. The third kappa shape index (κ3) is 6.33. The van der Waals surface area contributed by atoms with Gasteiger partial charge in [0.25, 0.3) is 0 Å². The Morgan fingerprint density at radius 3 is 2.19 bits per heavy atom. The van der Waals surface area contributed by atoms with Crippen molar-refractivity contribution in [1.82, 2.24) is 5.32 Å². The minimum Gasteiger partial charge on any atom is -0.490 e. The minimum atomic E-state index is -1.44. The molecule has 0 fully saturated rings. The molecule has 0 spiro atoms. The van der Waals surface area contributed by atoms with Crippen LogP contribution in [0.2, 0.25) is 0 Å². The number of ether oxygens (including phenoxy) is 2. The van der Waals surface area contributed by atoms with Crippen LogP contribution in [-0.4, -0.2) is 47.1 Å². The van der Waals surface area contributed by atoms with E-state index in [0.717, 1.165) is 6.08 Å². The third-order valence-corrected chi connectivity index (χ3v) is 3.39. The van der Waals surface area contributed by atoms with Crippen molar-refractivity contribution in [2.75, 3.05) is 13.2 Å². The summed E-state index contributed by atoms with van der Waals surface area (Å²) in [7, 11) is 0. The van der Waals surface area contributed by atoms with Gasteiger partial charge in [-0.3, -0.25) is 9.59 Å². The topological polar surface area (TPSA) is 102 Å². The largest absolute Gasteiger partial charge is 0.490 e. The van der Waals surface area contributed by atoms with E-state index in [9.17, 15) is 19.5 Å². The van der Waals surface area contributed by atoms with Crippen molar-refractivity contribution in [2.24, 2.45) is 0 Å². The monoisotopic (exact) mass is 363 g/mol. The third-order valence-electron chi connectivity index (χ3n) is 3.39. The average Bonchev–Trinajstić information content (AvgIpc) is 2.57. The van der Waals surface area contributed by atoms with Gasteiger partial charge in [-0.15, -0.1) is 0 Å². The van der Waals surface area contributed by atoms with Crippen molar-refractivity contribution < 1.29 is 29.0 Å². The Balaban J connectivity index is 2.46. The Kier molecular flexibility index (Phi) is 7.09. The summed E-state index contributed by atoms with van der Waals surface area (Å²) in [4.78, 5) is 35.2. The first-order valence-corrected chi connectivity index (χ1v) is 8.09. The summed E-state index contributed by atoms with van der Waals surface area (Å²) < 4.78 is 10.5. The van der Waals surface area contributed by atoms with E-state index in [-0.39, 0.29) is 19.0 Å². The Hall–Kier alpha value is -2.67. The van der Waals surface area contributed by atoms with Gasteiger partial charge >= 0.3 is 5.97 Å². The second-order valence-corrected chi connectivity index (χ2v) is 6.72. The number of hydrogen-bond donors (Lipinski definition) is 2. The summed E-state index contributed by atoms with van der Waals surface area (Å²) in [5, 5.41) is 12.2. The van der Waals surface area contributed by atoms with Gasteiger partial charge in [-0.2, -0.15) is 0 Å². The fraction of sp³-hybridized carbons (Fsp3) is 0.421. The van der Waals surface area contributed by atoms with Gasteiger partial charge in [0.2, 0.25) is 5.91 Å². The molecule has 142 valence electrons. The molecule has 1 amide bonds. The fourth-order valence-electron chi connectivity index (χ4n) is 1.94. The maximum absolute atomic E-state index is 12.0. The number of rotatable bonds is 9. The highest BCUT2D eigenvalue weighted by Crippen LogP contribution is 2.17. The summed E-state index contributed by atoms with van der Waals surface area (Å²) in [6, 6.07) is 6.29. The van der Waals surface area contributed by atoms with Crippen LogP contribution in [0.3, 0.4) is 0 Å². The van der Waals surface area contributed by atoms with Crippen LogP contribution in [0.1, 0.15) is 38.1 Å². The first-order chi connectivity index (χ1) is 12.0. The molecule has 0 aromatic heterocycles. The van der Waals surface area contributed by atoms with Crippen LogP contribution in [0, 0.1) is 0 Å². The number of aliphatic hydroxyl groups is 1. The van der Waals surface area contributed by atoms with E-state index >= 15 is 0 Å². The molecule has 0 saturated carbocycles. The van der Waals surface area contributed by atoms with E-state index in [1.807, 2.05) is 0 Å². The number of amides is 1. The van der Waals surface area contributed by atoms with Crippen LogP contribution in [0.15, 0.2) is 36.9 Å². The molecule has 7 nitrogen and oxygen atoms in total. The van der Waals surface area contributed by atoms with Crippen LogP contribution in [0.25, 0.3) is 0 Å². The van der Waals surface area contributed by atoms with E-state index < -0.39 is 23.0 Å². The Morgan fingerprint density at radius 1 is 1.12 bits per heavy atom. The predicted octanol–water partition coefficient (Wildman–Crippen LogP) is 1.64. The molecular formula is C19H25NO6. The van der Waals surface area contributed by atoms with Crippen molar-refractivity contribution in [3.8, 4) is 5.75 Å². The first-order valence-electron chi connectivity index (χ1n) is 8.09. The lowest BCUT2D eigenvalue weighted by atomic mass is 9.97. The first kappa shape index (κ1) is 21.4. The maximum atomic E-state index is 12.0. The van der Waals surface area contributed by atoms with Gasteiger partial charge in [0, 0.05) is 5.56 Å². The zero-order valence-corrected chi connectivity index (χ0v) is 15.5. The molecule has 0 aliphatic carbocycles. The molecule has 7 heteroatoms. The number of carbonyl (C=O) groups excluding carboxylic acids is 3.